The molecule has 0 spiro atoms. The first-order chi connectivity index (χ1) is 9.54. The molecule has 0 atom stereocenters. The maximum atomic E-state index is 12.4. The Morgan fingerprint density at radius 1 is 1.05 bits per heavy atom. The SMILES string of the molecule is O=C(c1ccc(Cl)c(Br)c1)c1cc2cc(Cl)ccc2o1. The van der Waals surface area contributed by atoms with E-state index < -0.39 is 0 Å². The minimum Gasteiger partial charge on any atom is -0.453 e. The molecule has 0 aliphatic heterocycles. The molecule has 0 N–H and O–H groups in total. The van der Waals surface area contributed by atoms with Crippen LogP contribution < -0.4 is 0 Å². The Balaban J connectivity index is 2.05. The van der Waals surface area contributed by atoms with Crippen LogP contribution in [0, 0.1) is 0 Å². The third-order valence-electron chi connectivity index (χ3n) is 2.88. The van der Waals surface area contributed by atoms with Gasteiger partial charge in [-0.2, -0.15) is 0 Å². The summed E-state index contributed by atoms with van der Waals surface area (Å²) in [5.41, 5.74) is 1.14. The van der Waals surface area contributed by atoms with Crippen molar-refractivity contribution in [1.82, 2.24) is 0 Å². The van der Waals surface area contributed by atoms with Crippen LogP contribution in [0.15, 0.2) is 51.4 Å². The van der Waals surface area contributed by atoms with Crippen molar-refractivity contribution in [2.75, 3.05) is 0 Å². The number of carbonyl (C=O) groups excluding carboxylic acids is 1. The molecule has 3 rings (SSSR count). The average molecular weight is 370 g/mol. The molecule has 5 heteroatoms. The number of ketones is 1. The fourth-order valence-corrected chi connectivity index (χ4v) is 2.58. The highest BCUT2D eigenvalue weighted by atomic mass is 79.9. The molecular formula is C15H7BrCl2O2. The lowest BCUT2D eigenvalue weighted by Gasteiger charge is -2.00. The van der Waals surface area contributed by atoms with Gasteiger partial charge in [0.15, 0.2) is 5.76 Å². The normalized spacial score (nSPS) is 10.9. The van der Waals surface area contributed by atoms with Crippen molar-refractivity contribution < 1.29 is 9.21 Å². The van der Waals surface area contributed by atoms with Crippen molar-refractivity contribution in [3.63, 3.8) is 0 Å². The van der Waals surface area contributed by atoms with E-state index in [-0.39, 0.29) is 11.5 Å². The van der Waals surface area contributed by atoms with Gasteiger partial charge < -0.3 is 4.42 Å². The Hall–Kier alpha value is -1.29. The molecule has 2 aromatic carbocycles. The van der Waals surface area contributed by atoms with Gasteiger partial charge in [0, 0.05) is 20.4 Å². The smallest absolute Gasteiger partial charge is 0.228 e. The lowest BCUT2D eigenvalue weighted by atomic mass is 10.1. The first kappa shape index (κ1) is 13.7. The lowest BCUT2D eigenvalue weighted by molar-refractivity contribution is 0.101. The predicted molar refractivity (Wildman–Crippen MR) is 83.8 cm³/mol. The summed E-state index contributed by atoms with van der Waals surface area (Å²) in [5.74, 6) is 0.0752. The zero-order chi connectivity index (χ0) is 14.3. The Kier molecular flexibility index (Phi) is 3.59. The molecule has 0 unspecified atom stereocenters. The number of hydrogen-bond donors (Lipinski definition) is 0. The summed E-state index contributed by atoms with van der Waals surface area (Å²) in [4.78, 5) is 12.4. The highest BCUT2D eigenvalue weighted by Crippen LogP contribution is 2.27. The van der Waals surface area contributed by atoms with Gasteiger partial charge >= 0.3 is 0 Å². The number of rotatable bonds is 2. The van der Waals surface area contributed by atoms with Crippen LogP contribution in [-0.2, 0) is 0 Å². The second-order valence-corrected chi connectivity index (χ2v) is 5.95. The molecule has 0 saturated carbocycles. The van der Waals surface area contributed by atoms with Crippen LogP contribution in [0.3, 0.4) is 0 Å². The highest BCUT2D eigenvalue weighted by molar-refractivity contribution is 9.10. The first-order valence-electron chi connectivity index (χ1n) is 5.73. The van der Waals surface area contributed by atoms with E-state index in [1.54, 1.807) is 42.5 Å². The van der Waals surface area contributed by atoms with Gasteiger partial charge in [0.1, 0.15) is 5.58 Å². The molecule has 1 heterocycles. The third-order valence-corrected chi connectivity index (χ3v) is 4.33. The van der Waals surface area contributed by atoms with Crippen molar-refractivity contribution in [3.05, 3.63) is 68.3 Å². The van der Waals surface area contributed by atoms with E-state index >= 15 is 0 Å². The second-order valence-electron chi connectivity index (χ2n) is 4.25. The molecule has 0 aliphatic rings. The Morgan fingerprint density at radius 2 is 1.85 bits per heavy atom. The number of fused-ring (bicyclic) bond motifs is 1. The van der Waals surface area contributed by atoms with E-state index in [1.807, 2.05) is 0 Å². The van der Waals surface area contributed by atoms with E-state index in [9.17, 15) is 4.79 Å². The average Bonchev–Trinajstić information content (AvgIpc) is 2.84. The zero-order valence-corrected chi connectivity index (χ0v) is 13.1. The number of benzene rings is 2. The van der Waals surface area contributed by atoms with Gasteiger partial charge in [0.05, 0.1) is 5.02 Å². The van der Waals surface area contributed by atoms with Gasteiger partial charge in [-0.25, -0.2) is 0 Å². The van der Waals surface area contributed by atoms with E-state index in [0.29, 0.717) is 25.7 Å². The maximum absolute atomic E-state index is 12.4. The summed E-state index contributed by atoms with van der Waals surface area (Å²) >= 11 is 15.1. The maximum Gasteiger partial charge on any atom is 0.228 e. The van der Waals surface area contributed by atoms with Gasteiger partial charge in [-0.15, -0.1) is 0 Å². The lowest BCUT2D eigenvalue weighted by Crippen LogP contribution is -1.99. The number of hydrogen-bond acceptors (Lipinski definition) is 2. The topological polar surface area (TPSA) is 30.2 Å². The second kappa shape index (κ2) is 5.24. The van der Waals surface area contributed by atoms with Gasteiger partial charge in [-0.3, -0.25) is 4.79 Å². The van der Waals surface area contributed by atoms with E-state index in [2.05, 4.69) is 15.9 Å². The van der Waals surface area contributed by atoms with Gasteiger partial charge in [0.25, 0.3) is 0 Å². The Labute approximate surface area is 133 Å². The quantitative estimate of drug-likeness (QED) is 0.539. The van der Waals surface area contributed by atoms with Gasteiger partial charge in [-0.05, 0) is 58.4 Å². The van der Waals surface area contributed by atoms with E-state index in [0.717, 1.165) is 5.39 Å². The molecule has 100 valence electrons. The van der Waals surface area contributed by atoms with Crippen molar-refractivity contribution in [2.24, 2.45) is 0 Å². The summed E-state index contributed by atoms with van der Waals surface area (Å²) < 4.78 is 6.22. The highest BCUT2D eigenvalue weighted by Gasteiger charge is 2.15. The Morgan fingerprint density at radius 3 is 2.60 bits per heavy atom. The molecular weight excluding hydrogens is 363 g/mol. The van der Waals surface area contributed by atoms with Crippen LogP contribution in [0.4, 0.5) is 0 Å². The molecule has 0 bridgehead atoms. The van der Waals surface area contributed by atoms with Crippen LogP contribution in [0.2, 0.25) is 10.0 Å². The fourth-order valence-electron chi connectivity index (χ4n) is 1.91. The molecule has 0 saturated heterocycles. The predicted octanol–water partition coefficient (Wildman–Crippen LogP) is 5.73. The minimum atomic E-state index is -0.199. The number of furan rings is 1. The molecule has 0 aliphatic carbocycles. The Bertz CT molecular complexity index is 824. The molecule has 0 amide bonds. The van der Waals surface area contributed by atoms with E-state index in [4.69, 9.17) is 27.6 Å². The number of carbonyl (C=O) groups is 1. The van der Waals surface area contributed by atoms with Crippen molar-refractivity contribution in [2.45, 2.75) is 0 Å². The molecule has 3 aromatic rings. The van der Waals surface area contributed by atoms with Gasteiger partial charge in [0.2, 0.25) is 5.78 Å². The first-order valence-corrected chi connectivity index (χ1v) is 7.28. The largest absolute Gasteiger partial charge is 0.453 e. The van der Waals surface area contributed by atoms with Crippen molar-refractivity contribution in [3.8, 4) is 0 Å². The summed E-state index contributed by atoms with van der Waals surface area (Å²) in [5, 5.41) is 1.96. The van der Waals surface area contributed by atoms with Crippen molar-refractivity contribution in [1.29, 1.82) is 0 Å². The van der Waals surface area contributed by atoms with Crippen molar-refractivity contribution >= 4 is 55.9 Å². The molecule has 20 heavy (non-hydrogen) atoms. The molecule has 0 fully saturated rings. The summed E-state index contributed by atoms with van der Waals surface area (Å²) in [6.45, 7) is 0. The van der Waals surface area contributed by atoms with Crippen LogP contribution >= 0.6 is 39.1 Å². The van der Waals surface area contributed by atoms with Crippen LogP contribution in [0.25, 0.3) is 11.0 Å². The fraction of sp³-hybridized carbons (Fsp3) is 0. The zero-order valence-electron chi connectivity index (χ0n) is 9.99. The summed E-state index contributed by atoms with van der Waals surface area (Å²) in [6, 6.07) is 11.9. The van der Waals surface area contributed by atoms with E-state index in [1.165, 1.54) is 0 Å². The van der Waals surface area contributed by atoms with Crippen LogP contribution in [-0.4, -0.2) is 5.78 Å². The summed E-state index contributed by atoms with van der Waals surface area (Å²) in [7, 11) is 0. The minimum absolute atomic E-state index is 0.199. The molecule has 1 aromatic heterocycles. The summed E-state index contributed by atoms with van der Waals surface area (Å²) in [6.07, 6.45) is 0. The number of halogens is 3. The standard InChI is InChI=1S/C15H7BrCl2O2/c16-11-6-8(1-3-12(11)18)15(19)14-7-9-5-10(17)2-4-13(9)20-14/h1-7H. The molecule has 2 nitrogen and oxygen atoms in total. The van der Waals surface area contributed by atoms with Gasteiger partial charge in [-0.1, -0.05) is 23.2 Å². The monoisotopic (exact) mass is 368 g/mol. The third kappa shape index (κ3) is 2.49. The van der Waals surface area contributed by atoms with Crippen LogP contribution in [0.1, 0.15) is 16.1 Å². The van der Waals surface area contributed by atoms with Crippen LogP contribution in [0.5, 0.6) is 0 Å². The molecule has 0 radical (unpaired) electrons.